The summed E-state index contributed by atoms with van der Waals surface area (Å²) in [5.41, 5.74) is 2.08. The molecule has 2 aromatic heterocycles. The molecule has 1 aliphatic rings. The van der Waals surface area contributed by atoms with Gasteiger partial charge in [-0.05, 0) is 0 Å². The number of fused-ring (bicyclic) bond motifs is 3. The first-order valence-electron chi connectivity index (χ1n) is 8.18. The standard InChI is InChI=1S/C17H17N5O3S/c1-25-14(23)9-18-16(24)21-8-7-12-13(10-21)26-17-19-15(20-22(12)17)11-5-3-2-4-6-11/h2-6H,7-10H2,1H3,(H,18,24). The number of methoxy groups -OCH3 is 1. The minimum Gasteiger partial charge on any atom is -0.468 e. The van der Waals surface area contributed by atoms with Crippen molar-refractivity contribution in [1.29, 1.82) is 0 Å². The number of esters is 1. The van der Waals surface area contributed by atoms with Crippen molar-refractivity contribution < 1.29 is 14.3 Å². The van der Waals surface area contributed by atoms with Gasteiger partial charge < -0.3 is 15.0 Å². The molecule has 4 rings (SSSR count). The highest BCUT2D eigenvalue weighted by atomic mass is 32.1. The molecule has 0 unspecified atom stereocenters. The lowest BCUT2D eigenvalue weighted by atomic mass is 10.2. The fourth-order valence-corrected chi connectivity index (χ4v) is 4.02. The number of hydrogen-bond acceptors (Lipinski definition) is 6. The molecule has 0 bridgehead atoms. The third-order valence-corrected chi connectivity index (χ3v) is 5.31. The van der Waals surface area contributed by atoms with Crippen LogP contribution in [0.5, 0.6) is 0 Å². The van der Waals surface area contributed by atoms with Crippen molar-refractivity contribution in [3.8, 4) is 11.4 Å². The average Bonchev–Trinajstić information content (AvgIpc) is 3.23. The quantitative estimate of drug-likeness (QED) is 0.708. The highest BCUT2D eigenvalue weighted by Gasteiger charge is 2.26. The Morgan fingerprint density at radius 1 is 1.31 bits per heavy atom. The van der Waals surface area contributed by atoms with Crippen molar-refractivity contribution >= 4 is 28.3 Å². The molecule has 134 valence electrons. The van der Waals surface area contributed by atoms with Gasteiger partial charge in [-0.25, -0.2) is 9.31 Å². The highest BCUT2D eigenvalue weighted by Crippen LogP contribution is 2.29. The van der Waals surface area contributed by atoms with Crippen LogP contribution in [0, 0.1) is 0 Å². The van der Waals surface area contributed by atoms with Gasteiger partial charge in [-0.2, -0.15) is 4.98 Å². The van der Waals surface area contributed by atoms with Gasteiger partial charge in [-0.1, -0.05) is 41.7 Å². The highest BCUT2D eigenvalue weighted by molar-refractivity contribution is 7.17. The fraction of sp³-hybridized carbons (Fsp3) is 0.294. The number of carbonyl (C=O) groups is 2. The normalized spacial score (nSPS) is 13.5. The molecule has 26 heavy (non-hydrogen) atoms. The van der Waals surface area contributed by atoms with Gasteiger partial charge in [0.25, 0.3) is 0 Å². The average molecular weight is 371 g/mol. The Labute approximate surface area is 153 Å². The summed E-state index contributed by atoms with van der Waals surface area (Å²) in [5.74, 6) is 0.237. The zero-order valence-corrected chi connectivity index (χ0v) is 15.0. The van der Waals surface area contributed by atoms with Gasteiger partial charge in [0, 0.05) is 23.4 Å². The Morgan fingerprint density at radius 2 is 2.12 bits per heavy atom. The van der Waals surface area contributed by atoms with Crippen LogP contribution in [-0.2, 0) is 22.5 Å². The lowest BCUT2D eigenvalue weighted by Crippen LogP contribution is -2.44. The SMILES string of the molecule is COC(=O)CNC(=O)N1CCc2c(sc3nc(-c4ccccc4)nn23)C1. The second-order valence-corrected chi connectivity index (χ2v) is 6.94. The molecule has 0 fully saturated rings. The van der Waals surface area contributed by atoms with Crippen LogP contribution in [-0.4, -0.2) is 51.7 Å². The van der Waals surface area contributed by atoms with Crippen molar-refractivity contribution in [2.24, 2.45) is 0 Å². The van der Waals surface area contributed by atoms with Crippen molar-refractivity contribution in [2.75, 3.05) is 20.2 Å². The molecular weight excluding hydrogens is 354 g/mol. The maximum atomic E-state index is 12.2. The number of nitrogens with zero attached hydrogens (tertiary/aromatic N) is 4. The smallest absolute Gasteiger partial charge is 0.325 e. The Bertz CT molecular complexity index is 966. The minimum atomic E-state index is -0.469. The summed E-state index contributed by atoms with van der Waals surface area (Å²) in [7, 11) is 1.29. The van der Waals surface area contributed by atoms with Crippen LogP contribution in [0.15, 0.2) is 30.3 Å². The topological polar surface area (TPSA) is 88.8 Å². The fourth-order valence-electron chi connectivity index (χ4n) is 2.90. The van der Waals surface area contributed by atoms with Crippen LogP contribution in [0.4, 0.5) is 4.79 Å². The van der Waals surface area contributed by atoms with Crippen LogP contribution in [0.2, 0.25) is 0 Å². The molecule has 0 atom stereocenters. The molecule has 0 saturated heterocycles. The monoisotopic (exact) mass is 371 g/mol. The number of aromatic nitrogens is 3. The predicted molar refractivity (Wildman–Crippen MR) is 95.8 cm³/mol. The molecule has 0 spiro atoms. The van der Waals surface area contributed by atoms with Crippen molar-refractivity contribution in [2.45, 2.75) is 13.0 Å². The second-order valence-electron chi connectivity index (χ2n) is 5.87. The summed E-state index contributed by atoms with van der Waals surface area (Å²) >= 11 is 1.54. The van der Waals surface area contributed by atoms with E-state index in [1.807, 2.05) is 34.8 Å². The number of ether oxygens (including phenoxy) is 1. The van der Waals surface area contributed by atoms with Gasteiger partial charge >= 0.3 is 12.0 Å². The third-order valence-electron chi connectivity index (χ3n) is 4.25. The molecule has 0 saturated carbocycles. The molecular formula is C17H17N5O3S. The summed E-state index contributed by atoms with van der Waals surface area (Å²) in [6, 6.07) is 9.59. The number of hydrogen-bond donors (Lipinski definition) is 1. The molecule has 0 aliphatic carbocycles. The van der Waals surface area contributed by atoms with E-state index in [2.05, 4.69) is 20.1 Å². The van der Waals surface area contributed by atoms with Gasteiger partial charge in [0.2, 0.25) is 4.96 Å². The molecule has 1 aromatic carbocycles. The van der Waals surface area contributed by atoms with Crippen LogP contribution in [0.1, 0.15) is 10.6 Å². The Morgan fingerprint density at radius 3 is 2.88 bits per heavy atom. The van der Waals surface area contributed by atoms with Crippen LogP contribution < -0.4 is 5.32 Å². The van der Waals surface area contributed by atoms with Gasteiger partial charge in [0.05, 0.1) is 19.3 Å². The number of nitrogens with one attached hydrogen (secondary N) is 1. The van der Waals surface area contributed by atoms with Gasteiger partial charge in [0.1, 0.15) is 6.54 Å². The molecule has 2 amide bonds. The maximum Gasteiger partial charge on any atom is 0.325 e. The van der Waals surface area contributed by atoms with E-state index in [1.165, 1.54) is 7.11 Å². The van der Waals surface area contributed by atoms with Gasteiger partial charge in [-0.15, -0.1) is 5.10 Å². The summed E-state index contributed by atoms with van der Waals surface area (Å²) in [6.07, 6.45) is 0.693. The summed E-state index contributed by atoms with van der Waals surface area (Å²) in [4.78, 5) is 31.5. The lowest BCUT2D eigenvalue weighted by molar-refractivity contribution is -0.139. The Balaban J connectivity index is 1.52. The van der Waals surface area contributed by atoms with E-state index >= 15 is 0 Å². The van der Waals surface area contributed by atoms with Crippen LogP contribution in [0.3, 0.4) is 0 Å². The number of benzene rings is 1. The second kappa shape index (κ2) is 6.75. The van der Waals surface area contributed by atoms with E-state index in [4.69, 9.17) is 0 Å². The first-order chi connectivity index (χ1) is 12.7. The Kier molecular flexibility index (Phi) is 4.29. The number of amides is 2. The summed E-state index contributed by atoms with van der Waals surface area (Å²) in [5, 5.41) is 7.20. The lowest BCUT2D eigenvalue weighted by Gasteiger charge is -2.26. The van der Waals surface area contributed by atoms with Gasteiger partial charge in [0.15, 0.2) is 5.82 Å². The molecule has 0 radical (unpaired) electrons. The molecule has 9 heteroatoms. The number of urea groups is 1. The van der Waals surface area contributed by atoms with E-state index in [-0.39, 0.29) is 12.6 Å². The summed E-state index contributed by atoms with van der Waals surface area (Å²) in [6.45, 7) is 0.916. The molecule has 3 aromatic rings. The summed E-state index contributed by atoms with van der Waals surface area (Å²) < 4.78 is 6.41. The molecule has 1 aliphatic heterocycles. The van der Waals surface area contributed by atoms with Gasteiger partial charge in [-0.3, -0.25) is 4.79 Å². The van der Waals surface area contributed by atoms with E-state index in [0.717, 1.165) is 21.1 Å². The van der Waals surface area contributed by atoms with Crippen molar-refractivity contribution in [3.63, 3.8) is 0 Å². The molecule has 8 nitrogen and oxygen atoms in total. The minimum absolute atomic E-state index is 0.131. The first-order valence-corrected chi connectivity index (χ1v) is 8.99. The van der Waals surface area contributed by atoms with E-state index in [0.29, 0.717) is 25.3 Å². The molecule has 3 heterocycles. The van der Waals surface area contributed by atoms with E-state index < -0.39 is 5.97 Å². The zero-order chi connectivity index (χ0) is 18.1. The zero-order valence-electron chi connectivity index (χ0n) is 14.1. The first kappa shape index (κ1) is 16.5. The molecule has 1 N–H and O–H groups in total. The van der Waals surface area contributed by atoms with E-state index in [9.17, 15) is 9.59 Å². The number of rotatable bonds is 3. The predicted octanol–water partition coefficient (Wildman–Crippen LogP) is 1.70. The van der Waals surface area contributed by atoms with Crippen molar-refractivity contribution in [1.82, 2.24) is 24.8 Å². The number of thiazole rings is 1. The maximum absolute atomic E-state index is 12.2. The van der Waals surface area contributed by atoms with Crippen molar-refractivity contribution in [3.05, 3.63) is 40.9 Å². The largest absolute Gasteiger partial charge is 0.468 e. The van der Waals surface area contributed by atoms with E-state index in [1.54, 1.807) is 16.2 Å². The van der Waals surface area contributed by atoms with Crippen LogP contribution in [0.25, 0.3) is 16.3 Å². The Hall–Kier alpha value is -2.94. The third kappa shape index (κ3) is 3.01. The number of carbonyl (C=O) groups excluding carboxylic acids is 2. The van der Waals surface area contributed by atoms with Crippen LogP contribution >= 0.6 is 11.3 Å².